The van der Waals surface area contributed by atoms with E-state index in [9.17, 15) is 19.2 Å². The Morgan fingerprint density at radius 3 is 1.95 bits per heavy atom. The molecule has 0 aromatic heterocycles. The summed E-state index contributed by atoms with van der Waals surface area (Å²) >= 11 is 11.9. The second-order valence-electron chi connectivity index (χ2n) is 11.0. The molecule has 2 aromatic carbocycles. The number of carbonyl (C=O) groups excluding carboxylic acids is 4. The van der Waals surface area contributed by atoms with Crippen LogP contribution in [0.1, 0.15) is 91.3 Å². The smallest absolute Gasteiger partial charge is 0.338 e. The van der Waals surface area contributed by atoms with Gasteiger partial charge in [-0.15, -0.1) is 0 Å². The Hall–Kier alpha value is -2.74. The number of amides is 2. The van der Waals surface area contributed by atoms with Gasteiger partial charge in [-0.25, -0.2) is 9.69 Å². The lowest BCUT2D eigenvalue weighted by Gasteiger charge is -2.44. The fourth-order valence-corrected chi connectivity index (χ4v) is 6.70. The molecule has 1 unspecified atom stereocenters. The van der Waals surface area contributed by atoms with Gasteiger partial charge in [-0.1, -0.05) is 61.7 Å². The number of esters is 1. The maximum absolute atomic E-state index is 13.7. The van der Waals surface area contributed by atoms with Crippen LogP contribution in [-0.2, 0) is 14.3 Å². The number of nitrogens with zero attached hydrogens (tertiary/aromatic N) is 2. The van der Waals surface area contributed by atoms with Crippen molar-refractivity contribution in [2.75, 3.05) is 11.5 Å². The van der Waals surface area contributed by atoms with Crippen molar-refractivity contribution in [2.45, 2.75) is 88.8 Å². The zero-order valence-electron chi connectivity index (χ0n) is 22.5. The number of benzene rings is 2. The van der Waals surface area contributed by atoms with Gasteiger partial charge in [-0.05, 0) is 68.1 Å². The lowest BCUT2D eigenvalue weighted by Crippen LogP contribution is -2.53. The van der Waals surface area contributed by atoms with Crippen LogP contribution in [0.3, 0.4) is 0 Å². The van der Waals surface area contributed by atoms with E-state index in [1.165, 1.54) is 73.8 Å². The molecule has 2 aliphatic carbocycles. The molecule has 7 nitrogen and oxygen atoms in total. The number of rotatable bonds is 8. The summed E-state index contributed by atoms with van der Waals surface area (Å²) in [5.74, 6) is -1.49. The Morgan fingerprint density at radius 1 is 0.800 bits per heavy atom. The van der Waals surface area contributed by atoms with Crippen LogP contribution in [0.15, 0.2) is 42.5 Å². The third-order valence-corrected chi connectivity index (χ3v) is 9.15. The minimum absolute atomic E-state index is 0.177. The first-order chi connectivity index (χ1) is 19.3. The minimum Gasteiger partial charge on any atom is -0.454 e. The number of carbonyl (C=O) groups is 4. The molecule has 212 valence electrons. The summed E-state index contributed by atoms with van der Waals surface area (Å²) in [6.07, 6.45) is 11.7. The summed E-state index contributed by atoms with van der Waals surface area (Å²) in [6, 6.07) is 10.9. The molecule has 5 rings (SSSR count). The third kappa shape index (κ3) is 6.27. The molecule has 0 bridgehead atoms. The second-order valence-corrected chi connectivity index (χ2v) is 11.8. The molecule has 2 amide bonds. The summed E-state index contributed by atoms with van der Waals surface area (Å²) in [7, 11) is 0. The van der Waals surface area contributed by atoms with E-state index >= 15 is 0 Å². The maximum atomic E-state index is 13.7. The minimum atomic E-state index is -0.683. The normalized spacial score (nSPS) is 20.8. The molecule has 0 N–H and O–H groups in total. The molecule has 3 fully saturated rings. The lowest BCUT2D eigenvalue weighted by atomic mass is 9.87. The number of hydrogen-bond donors (Lipinski definition) is 0. The number of ether oxygens (including phenoxy) is 1. The molecule has 3 aliphatic rings. The van der Waals surface area contributed by atoms with Gasteiger partial charge in [0.2, 0.25) is 5.91 Å². The molecule has 1 aliphatic heterocycles. The molecule has 1 saturated heterocycles. The summed E-state index contributed by atoms with van der Waals surface area (Å²) in [6.45, 7) is -0.457. The number of halogens is 2. The number of Topliss-reactive ketones (excluding diaryl/α,β-unsaturated/α-hetero) is 1. The Balaban J connectivity index is 1.25. The average Bonchev–Trinajstić information content (AvgIpc) is 3.27. The van der Waals surface area contributed by atoms with Crippen molar-refractivity contribution >= 4 is 52.5 Å². The van der Waals surface area contributed by atoms with Crippen LogP contribution in [0, 0.1) is 0 Å². The predicted molar refractivity (Wildman–Crippen MR) is 154 cm³/mol. The average molecular weight is 586 g/mol. The number of imide groups is 1. The van der Waals surface area contributed by atoms with Gasteiger partial charge in [0.05, 0.1) is 33.8 Å². The zero-order valence-corrected chi connectivity index (χ0v) is 24.0. The molecular weight excluding hydrogens is 551 g/mol. The third-order valence-electron chi connectivity index (χ3n) is 8.41. The largest absolute Gasteiger partial charge is 0.454 e. The van der Waals surface area contributed by atoms with Gasteiger partial charge in [0.1, 0.15) is 0 Å². The van der Waals surface area contributed by atoms with E-state index in [0.717, 1.165) is 25.7 Å². The Bertz CT molecular complexity index is 1250. The van der Waals surface area contributed by atoms with Crippen LogP contribution < -0.4 is 4.90 Å². The van der Waals surface area contributed by atoms with Crippen molar-refractivity contribution in [1.82, 2.24) is 4.90 Å². The number of hydrogen-bond acceptors (Lipinski definition) is 6. The van der Waals surface area contributed by atoms with Gasteiger partial charge >= 0.3 is 5.97 Å². The van der Waals surface area contributed by atoms with Crippen molar-refractivity contribution in [3.05, 3.63) is 63.6 Å². The molecule has 40 heavy (non-hydrogen) atoms. The van der Waals surface area contributed by atoms with Crippen molar-refractivity contribution in [3.8, 4) is 0 Å². The van der Waals surface area contributed by atoms with E-state index in [1.807, 2.05) is 0 Å². The Kier molecular flexibility index (Phi) is 9.24. The highest BCUT2D eigenvalue weighted by molar-refractivity contribution is 6.42. The first-order valence-corrected chi connectivity index (χ1v) is 15.0. The van der Waals surface area contributed by atoms with E-state index in [4.69, 9.17) is 27.9 Å². The molecule has 2 saturated carbocycles. The van der Waals surface area contributed by atoms with Crippen LogP contribution in [0.4, 0.5) is 5.69 Å². The second kappa shape index (κ2) is 12.8. The van der Waals surface area contributed by atoms with Crippen LogP contribution in [0.25, 0.3) is 0 Å². The summed E-state index contributed by atoms with van der Waals surface area (Å²) in [4.78, 5) is 55.6. The van der Waals surface area contributed by atoms with Gasteiger partial charge in [-0.2, -0.15) is 0 Å². The molecule has 1 atom stereocenters. The molecule has 1 heterocycles. The van der Waals surface area contributed by atoms with Crippen LogP contribution in [-0.4, -0.2) is 53.2 Å². The van der Waals surface area contributed by atoms with Crippen LogP contribution in [0.5, 0.6) is 0 Å². The summed E-state index contributed by atoms with van der Waals surface area (Å²) < 4.78 is 5.19. The van der Waals surface area contributed by atoms with E-state index in [2.05, 4.69) is 4.90 Å². The first kappa shape index (κ1) is 28.8. The van der Waals surface area contributed by atoms with Gasteiger partial charge < -0.3 is 4.74 Å². The maximum Gasteiger partial charge on any atom is 0.338 e. The van der Waals surface area contributed by atoms with Gasteiger partial charge in [0.25, 0.3) is 5.91 Å². The topological polar surface area (TPSA) is 84.0 Å². The molecule has 2 aromatic rings. The fraction of sp³-hybridized carbons (Fsp3) is 0.484. The van der Waals surface area contributed by atoms with E-state index in [1.54, 1.807) is 12.1 Å². The van der Waals surface area contributed by atoms with Crippen molar-refractivity contribution in [3.63, 3.8) is 0 Å². The monoisotopic (exact) mass is 584 g/mol. The summed E-state index contributed by atoms with van der Waals surface area (Å²) in [5.41, 5.74) is 0.939. The molecule has 0 radical (unpaired) electrons. The lowest BCUT2D eigenvalue weighted by molar-refractivity contribution is -0.124. The Labute approximate surface area is 244 Å². The predicted octanol–water partition coefficient (Wildman–Crippen LogP) is 6.63. The Morgan fingerprint density at radius 2 is 1.38 bits per heavy atom. The van der Waals surface area contributed by atoms with Gasteiger partial charge in [-0.3, -0.25) is 19.3 Å². The van der Waals surface area contributed by atoms with Crippen molar-refractivity contribution in [2.24, 2.45) is 0 Å². The molecule has 9 heteroatoms. The first-order valence-electron chi connectivity index (χ1n) is 14.2. The fourth-order valence-electron chi connectivity index (χ4n) is 6.40. The molecular formula is C31H34Cl2N2O5. The van der Waals surface area contributed by atoms with E-state index < -0.39 is 24.4 Å². The van der Waals surface area contributed by atoms with Crippen LogP contribution >= 0.6 is 23.2 Å². The van der Waals surface area contributed by atoms with Crippen molar-refractivity contribution in [1.29, 1.82) is 0 Å². The SMILES string of the molecule is O=C(COC(=O)c1ccc(N2C(=O)CC(N(C3CCCCC3)C3CCCCC3)C2=O)cc1)c1ccc(Cl)c(Cl)c1. The van der Waals surface area contributed by atoms with Gasteiger partial charge in [0, 0.05) is 17.6 Å². The summed E-state index contributed by atoms with van der Waals surface area (Å²) in [5, 5.41) is 0.565. The number of ketones is 1. The highest BCUT2D eigenvalue weighted by Crippen LogP contribution is 2.36. The van der Waals surface area contributed by atoms with Crippen molar-refractivity contribution < 1.29 is 23.9 Å². The molecule has 0 spiro atoms. The zero-order chi connectivity index (χ0) is 28.2. The quantitative estimate of drug-likeness (QED) is 0.196. The highest BCUT2D eigenvalue weighted by atomic mass is 35.5. The van der Waals surface area contributed by atoms with E-state index in [0.29, 0.717) is 22.8 Å². The van der Waals surface area contributed by atoms with Gasteiger partial charge in [0.15, 0.2) is 12.4 Å². The number of anilines is 1. The highest BCUT2D eigenvalue weighted by Gasteiger charge is 2.47. The standard InChI is InChI=1S/C31H34Cl2N2O5/c32-25-16-13-21(17-26(25)33)28(36)19-40-31(39)20-11-14-24(15-12-20)35-29(37)18-27(30(35)38)34(22-7-3-1-4-8-22)23-9-5-2-6-10-23/h11-17,22-23,27H,1-10,18-19H2. The van der Waals surface area contributed by atoms with Crippen LogP contribution in [0.2, 0.25) is 10.0 Å². The van der Waals surface area contributed by atoms with E-state index in [-0.39, 0.29) is 34.4 Å².